The average molecular weight is 455 g/mol. The molecule has 0 aromatic heterocycles. The summed E-state index contributed by atoms with van der Waals surface area (Å²) in [4.78, 5) is 2.55. The molecule has 4 aromatic carbocycles. The van der Waals surface area contributed by atoms with Gasteiger partial charge in [0, 0.05) is 12.2 Å². The van der Waals surface area contributed by atoms with Crippen molar-refractivity contribution in [2.24, 2.45) is 5.92 Å². The smallest absolute Gasteiger partial charge is 0.123 e. The van der Waals surface area contributed by atoms with Crippen molar-refractivity contribution in [2.75, 3.05) is 25.5 Å². The molecule has 1 aliphatic rings. The van der Waals surface area contributed by atoms with Gasteiger partial charge in [0.2, 0.25) is 0 Å². The van der Waals surface area contributed by atoms with Crippen LogP contribution < -0.4 is 10.1 Å². The summed E-state index contributed by atoms with van der Waals surface area (Å²) in [6.07, 6.45) is 2.19. The van der Waals surface area contributed by atoms with E-state index in [0.717, 1.165) is 49.5 Å². The lowest BCUT2D eigenvalue weighted by Crippen LogP contribution is -2.36. The van der Waals surface area contributed by atoms with Crippen LogP contribution in [0, 0.1) is 11.7 Å². The third kappa shape index (κ3) is 5.23. The van der Waals surface area contributed by atoms with Gasteiger partial charge >= 0.3 is 0 Å². The number of ether oxygens (including phenoxy) is 1. The summed E-state index contributed by atoms with van der Waals surface area (Å²) >= 11 is 0. The molecular formula is C30H31FN2O. The molecule has 34 heavy (non-hydrogen) atoms. The third-order valence-electron chi connectivity index (χ3n) is 6.97. The van der Waals surface area contributed by atoms with Gasteiger partial charge in [0.15, 0.2) is 0 Å². The Balaban J connectivity index is 1.27. The summed E-state index contributed by atoms with van der Waals surface area (Å²) in [5.74, 6) is 1.11. The maximum atomic E-state index is 13.6. The molecule has 0 spiro atoms. The summed E-state index contributed by atoms with van der Waals surface area (Å²) < 4.78 is 18.9. The van der Waals surface area contributed by atoms with Crippen LogP contribution in [0.15, 0.2) is 91.0 Å². The van der Waals surface area contributed by atoms with Crippen molar-refractivity contribution in [1.29, 1.82) is 0 Å². The van der Waals surface area contributed by atoms with Crippen LogP contribution in [0.1, 0.15) is 30.0 Å². The summed E-state index contributed by atoms with van der Waals surface area (Å²) in [5.41, 5.74) is 3.54. The molecule has 4 heteroatoms. The first kappa shape index (κ1) is 22.4. The number of benzene rings is 4. The van der Waals surface area contributed by atoms with Gasteiger partial charge in [-0.05, 0) is 96.2 Å². The highest BCUT2D eigenvalue weighted by atomic mass is 19.1. The summed E-state index contributed by atoms with van der Waals surface area (Å²) in [7, 11) is 1.68. The fourth-order valence-electron chi connectivity index (χ4n) is 5.05. The molecule has 1 heterocycles. The molecule has 5 rings (SSSR count). The molecule has 0 saturated carbocycles. The molecule has 174 valence electrons. The van der Waals surface area contributed by atoms with E-state index in [2.05, 4.69) is 52.7 Å². The van der Waals surface area contributed by atoms with Gasteiger partial charge in [-0.3, -0.25) is 4.90 Å². The van der Waals surface area contributed by atoms with E-state index in [1.807, 2.05) is 36.4 Å². The Morgan fingerprint density at radius 2 is 1.59 bits per heavy atom. The zero-order valence-electron chi connectivity index (χ0n) is 19.6. The average Bonchev–Trinajstić information content (AvgIpc) is 2.89. The molecule has 0 bridgehead atoms. The van der Waals surface area contributed by atoms with E-state index in [0.29, 0.717) is 5.92 Å². The van der Waals surface area contributed by atoms with Gasteiger partial charge in [0.05, 0.1) is 13.2 Å². The van der Waals surface area contributed by atoms with Crippen LogP contribution in [0.5, 0.6) is 5.75 Å². The van der Waals surface area contributed by atoms with Crippen molar-refractivity contribution in [3.8, 4) is 5.75 Å². The van der Waals surface area contributed by atoms with Crippen molar-refractivity contribution in [3.63, 3.8) is 0 Å². The minimum absolute atomic E-state index is 0.136. The monoisotopic (exact) mass is 454 g/mol. The Morgan fingerprint density at radius 1 is 0.882 bits per heavy atom. The highest BCUT2D eigenvalue weighted by Crippen LogP contribution is 2.35. The highest BCUT2D eigenvalue weighted by molar-refractivity contribution is 5.82. The minimum Gasteiger partial charge on any atom is -0.497 e. The van der Waals surface area contributed by atoms with E-state index in [4.69, 9.17) is 4.74 Å². The molecule has 0 aliphatic carbocycles. The first-order valence-electron chi connectivity index (χ1n) is 12.0. The Bertz CT molecular complexity index is 1210. The van der Waals surface area contributed by atoms with Gasteiger partial charge in [-0.1, -0.05) is 48.5 Å². The number of likely N-dealkylation sites (tertiary alicyclic amines) is 1. The van der Waals surface area contributed by atoms with Crippen molar-refractivity contribution < 1.29 is 9.13 Å². The molecule has 0 amide bonds. The number of rotatable bonds is 7. The maximum absolute atomic E-state index is 13.6. The zero-order valence-corrected chi connectivity index (χ0v) is 19.6. The number of nitrogens with one attached hydrogen (secondary N) is 1. The van der Waals surface area contributed by atoms with Crippen LogP contribution in [-0.4, -0.2) is 25.1 Å². The molecule has 0 radical (unpaired) electrons. The molecule has 1 atom stereocenters. The molecule has 1 saturated heterocycles. The fourth-order valence-corrected chi connectivity index (χ4v) is 5.05. The maximum Gasteiger partial charge on any atom is 0.123 e. The van der Waals surface area contributed by atoms with Crippen LogP contribution in [-0.2, 0) is 6.54 Å². The van der Waals surface area contributed by atoms with Crippen LogP contribution in [0.4, 0.5) is 10.1 Å². The Kier molecular flexibility index (Phi) is 6.77. The standard InChI is InChI=1S/C30H31FN2O/c1-34-29-14-12-28(13-15-29)32-30(24-8-10-27(31)11-9-24)25-16-18-33(19-17-25)21-22-6-7-23-4-2-3-5-26(23)20-22/h2-15,20,25,30,32H,16-19,21H2,1H3. The van der Waals surface area contributed by atoms with E-state index in [1.165, 1.54) is 16.3 Å². The molecule has 1 N–H and O–H groups in total. The van der Waals surface area contributed by atoms with Crippen LogP contribution in [0.3, 0.4) is 0 Å². The summed E-state index contributed by atoms with van der Waals surface area (Å²) in [5, 5.41) is 6.31. The second kappa shape index (κ2) is 10.3. The molecular weight excluding hydrogens is 423 g/mol. The first-order chi connectivity index (χ1) is 16.7. The predicted molar refractivity (Wildman–Crippen MR) is 138 cm³/mol. The second-order valence-electron chi connectivity index (χ2n) is 9.20. The molecule has 3 nitrogen and oxygen atoms in total. The normalized spacial score (nSPS) is 15.8. The lowest BCUT2D eigenvalue weighted by Gasteiger charge is -2.37. The largest absolute Gasteiger partial charge is 0.497 e. The fraction of sp³-hybridized carbons (Fsp3) is 0.267. The van der Waals surface area contributed by atoms with E-state index in [1.54, 1.807) is 19.2 Å². The van der Waals surface area contributed by atoms with Crippen LogP contribution >= 0.6 is 0 Å². The molecule has 1 unspecified atom stereocenters. The van der Waals surface area contributed by atoms with Crippen LogP contribution in [0.2, 0.25) is 0 Å². The van der Waals surface area contributed by atoms with Gasteiger partial charge < -0.3 is 10.1 Å². The lowest BCUT2D eigenvalue weighted by atomic mass is 9.85. The number of halogens is 1. The molecule has 4 aromatic rings. The molecule has 1 aliphatic heterocycles. The number of hydrogen-bond donors (Lipinski definition) is 1. The van der Waals surface area contributed by atoms with Gasteiger partial charge in [-0.15, -0.1) is 0 Å². The lowest BCUT2D eigenvalue weighted by molar-refractivity contribution is 0.166. The third-order valence-corrected chi connectivity index (χ3v) is 6.97. The summed E-state index contributed by atoms with van der Waals surface area (Å²) in [6, 6.07) is 30.4. The van der Waals surface area contributed by atoms with E-state index < -0.39 is 0 Å². The van der Waals surface area contributed by atoms with Crippen LogP contribution in [0.25, 0.3) is 10.8 Å². The van der Waals surface area contributed by atoms with Crippen molar-refractivity contribution in [1.82, 2.24) is 4.90 Å². The summed E-state index contributed by atoms with van der Waals surface area (Å²) in [6.45, 7) is 3.09. The number of methoxy groups -OCH3 is 1. The highest BCUT2D eigenvalue weighted by Gasteiger charge is 2.28. The number of anilines is 1. The van der Waals surface area contributed by atoms with Gasteiger partial charge in [-0.25, -0.2) is 4.39 Å². The number of nitrogens with zero attached hydrogens (tertiary/aromatic N) is 1. The Morgan fingerprint density at radius 3 is 2.29 bits per heavy atom. The SMILES string of the molecule is COc1ccc(NC(c2ccc(F)cc2)C2CCN(Cc3ccc4ccccc4c3)CC2)cc1. The topological polar surface area (TPSA) is 24.5 Å². The van der Waals surface area contributed by atoms with E-state index in [9.17, 15) is 4.39 Å². The quantitative estimate of drug-likeness (QED) is 0.324. The zero-order chi connectivity index (χ0) is 23.3. The Hall–Kier alpha value is -3.37. The molecule has 1 fully saturated rings. The van der Waals surface area contributed by atoms with Gasteiger partial charge in [-0.2, -0.15) is 0 Å². The van der Waals surface area contributed by atoms with Crippen molar-refractivity contribution in [2.45, 2.75) is 25.4 Å². The van der Waals surface area contributed by atoms with E-state index in [-0.39, 0.29) is 11.9 Å². The minimum atomic E-state index is -0.197. The number of hydrogen-bond acceptors (Lipinski definition) is 3. The number of fused-ring (bicyclic) bond motifs is 1. The van der Waals surface area contributed by atoms with Crippen molar-refractivity contribution >= 4 is 16.5 Å². The first-order valence-corrected chi connectivity index (χ1v) is 12.0. The second-order valence-corrected chi connectivity index (χ2v) is 9.20. The predicted octanol–water partition coefficient (Wildman–Crippen LogP) is 7.05. The van der Waals surface area contributed by atoms with Crippen molar-refractivity contribution in [3.05, 3.63) is 108 Å². The van der Waals surface area contributed by atoms with Gasteiger partial charge in [0.25, 0.3) is 0 Å². The number of piperidine rings is 1. The van der Waals surface area contributed by atoms with E-state index >= 15 is 0 Å². The van der Waals surface area contributed by atoms with Gasteiger partial charge in [0.1, 0.15) is 11.6 Å². The Labute approximate surface area is 201 Å².